The molecule has 0 fully saturated rings. The van der Waals surface area contributed by atoms with Gasteiger partial charge < -0.3 is 5.73 Å². The summed E-state index contributed by atoms with van der Waals surface area (Å²) in [6.45, 7) is 2.32. The topological polar surface area (TPSA) is 74.5 Å². The molecule has 0 amide bonds. The zero-order chi connectivity index (χ0) is 11.0. The van der Waals surface area contributed by atoms with Crippen LogP contribution in [-0.4, -0.2) is 24.8 Å². The Bertz CT molecular complexity index is 485. The van der Waals surface area contributed by atoms with Gasteiger partial charge in [0.1, 0.15) is 6.54 Å². The van der Waals surface area contributed by atoms with Crippen LogP contribution in [0.5, 0.6) is 0 Å². The Morgan fingerprint density at radius 1 is 1.47 bits per heavy atom. The first kappa shape index (κ1) is 9.97. The maximum absolute atomic E-state index is 6.09. The largest absolute Gasteiger partial charge is 0.381 e. The van der Waals surface area contributed by atoms with Gasteiger partial charge in [0, 0.05) is 7.05 Å². The number of aryl methyl sites for hydroxylation is 2. The van der Waals surface area contributed by atoms with E-state index in [-0.39, 0.29) is 0 Å². The van der Waals surface area contributed by atoms with Crippen molar-refractivity contribution < 1.29 is 0 Å². The molecule has 2 aromatic heterocycles. The maximum Gasteiger partial charge on any atom is 0.165 e. The first-order chi connectivity index (χ1) is 7.08. The van der Waals surface area contributed by atoms with Gasteiger partial charge in [-0.3, -0.25) is 4.68 Å². The van der Waals surface area contributed by atoms with E-state index in [4.69, 9.17) is 17.3 Å². The molecule has 2 aromatic rings. The maximum atomic E-state index is 6.09. The van der Waals surface area contributed by atoms with Gasteiger partial charge in [0.15, 0.2) is 5.82 Å². The van der Waals surface area contributed by atoms with Crippen LogP contribution in [0.15, 0.2) is 6.20 Å². The van der Waals surface area contributed by atoms with Gasteiger partial charge in [0.05, 0.1) is 22.6 Å². The fourth-order valence-corrected chi connectivity index (χ4v) is 1.59. The zero-order valence-electron chi connectivity index (χ0n) is 8.48. The van der Waals surface area contributed by atoms with Gasteiger partial charge in [0.2, 0.25) is 0 Å². The van der Waals surface area contributed by atoms with Gasteiger partial charge in [-0.25, -0.2) is 0 Å². The fourth-order valence-electron chi connectivity index (χ4n) is 1.37. The molecule has 0 atom stereocenters. The van der Waals surface area contributed by atoms with Crippen LogP contribution in [-0.2, 0) is 13.6 Å². The summed E-state index contributed by atoms with van der Waals surface area (Å²) in [4.78, 5) is 1.48. The summed E-state index contributed by atoms with van der Waals surface area (Å²) >= 11 is 6.09. The normalized spacial score (nSPS) is 10.9. The molecule has 2 heterocycles. The van der Waals surface area contributed by atoms with Crippen molar-refractivity contribution in [3.63, 3.8) is 0 Å². The number of nitrogens with zero attached hydrogens (tertiary/aromatic N) is 5. The SMILES string of the molecule is Cc1nn(C)c(Cn2ncc(N)n2)c1Cl. The predicted molar refractivity (Wildman–Crippen MR) is 56.5 cm³/mol. The molecule has 2 rings (SSSR count). The highest BCUT2D eigenvalue weighted by Gasteiger charge is 2.12. The molecule has 7 heteroatoms. The predicted octanol–water partition coefficient (Wildman–Crippen LogP) is 0.604. The lowest BCUT2D eigenvalue weighted by atomic mass is 10.3. The van der Waals surface area contributed by atoms with E-state index in [1.54, 1.807) is 4.68 Å². The molecule has 0 unspecified atom stereocenters. The lowest BCUT2D eigenvalue weighted by Gasteiger charge is -2.01. The Kier molecular flexibility index (Phi) is 2.36. The number of nitrogens with two attached hydrogens (primary N) is 1. The van der Waals surface area contributed by atoms with Gasteiger partial charge >= 0.3 is 0 Å². The fraction of sp³-hybridized carbons (Fsp3) is 0.375. The van der Waals surface area contributed by atoms with E-state index in [9.17, 15) is 0 Å². The lowest BCUT2D eigenvalue weighted by Crippen LogP contribution is -2.09. The minimum Gasteiger partial charge on any atom is -0.381 e. The minimum atomic E-state index is 0.394. The number of hydrogen-bond donors (Lipinski definition) is 1. The van der Waals surface area contributed by atoms with Crippen LogP contribution in [0.4, 0.5) is 5.82 Å². The monoisotopic (exact) mass is 226 g/mol. The third kappa shape index (κ3) is 1.80. The van der Waals surface area contributed by atoms with E-state index in [0.717, 1.165) is 11.4 Å². The second kappa shape index (κ2) is 3.54. The van der Waals surface area contributed by atoms with E-state index in [1.165, 1.54) is 11.0 Å². The lowest BCUT2D eigenvalue weighted by molar-refractivity contribution is 0.557. The molecule has 0 bridgehead atoms. The number of nitrogen functional groups attached to an aromatic ring is 1. The highest BCUT2D eigenvalue weighted by molar-refractivity contribution is 6.31. The number of hydrogen-bond acceptors (Lipinski definition) is 4. The molecule has 0 aromatic carbocycles. The van der Waals surface area contributed by atoms with E-state index in [2.05, 4.69) is 15.3 Å². The van der Waals surface area contributed by atoms with Gasteiger partial charge in [-0.2, -0.15) is 15.0 Å². The van der Waals surface area contributed by atoms with Gasteiger partial charge in [-0.05, 0) is 6.92 Å². The van der Waals surface area contributed by atoms with Crippen molar-refractivity contribution in [1.29, 1.82) is 0 Å². The molecule has 6 nitrogen and oxygen atoms in total. The van der Waals surface area contributed by atoms with Crippen molar-refractivity contribution in [3.8, 4) is 0 Å². The summed E-state index contributed by atoms with van der Waals surface area (Å²) in [5, 5.41) is 12.8. The van der Waals surface area contributed by atoms with E-state index in [0.29, 0.717) is 17.4 Å². The second-order valence-corrected chi connectivity index (χ2v) is 3.65. The Balaban J connectivity index is 2.31. The molecule has 2 N–H and O–H groups in total. The number of aromatic nitrogens is 5. The van der Waals surface area contributed by atoms with E-state index < -0.39 is 0 Å². The molecule has 0 saturated heterocycles. The number of rotatable bonds is 2. The summed E-state index contributed by atoms with van der Waals surface area (Å²) in [5.74, 6) is 0.394. The van der Waals surface area contributed by atoms with Crippen LogP contribution >= 0.6 is 11.6 Å². The van der Waals surface area contributed by atoms with E-state index >= 15 is 0 Å². The highest BCUT2D eigenvalue weighted by atomic mass is 35.5. The summed E-state index contributed by atoms with van der Waals surface area (Å²) in [7, 11) is 1.83. The van der Waals surface area contributed by atoms with Crippen molar-refractivity contribution in [2.75, 3.05) is 5.73 Å². The van der Waals surface area contributed by atoms with Gasteiger partial charge in [-0.15, -0.1) is 5.10 Å². The van der Waals surface area contributed by atoms with Crippen molar-refractivity contribution in [1.82, 2.24) is 24.8 Å². The molecule has 80 valence electrons. The summed E-state index contributed by atoms with van der Waals surface area (Å²) in [5.41, 5.74) is 7.13. The van der Waals surface area contributed by atoms with Gasteiger partial charge in [0.25, 0.3) is 0 Å². The van der Waals surface area contributed by atoms with Crippen LogP contribution in [0.2, 0.25) is 5.02 Å². The Hall–Kier alpha value is -1.56. The molecule has 0 aliphatic heterocycles. The first-order valence-electron chi connectivity index (χ1n) is 4.41. The standard InChI is InChI=1S/C8H11ClN6/c1-5-8(9)6(14(2)12-5)4-15-11-3-7(10)13-15/h3H,4H2,1-2H3,(H2,10,13). The average Bonchev–Trinajstić information content (AvgIpc) is 2.67. The summed E-state index contributed by atoms with van der Waals surface area (Å²) in [6.07, 6.45) is 1.50. The molecule has 0 spiro atoms. The quantitative estimate of drug-likeness (QED) is 0.814. The Labute approximate surface area is 91.6 Å². The van der Waals surface area contributed by atoms with E-state index in [1.807, 2.05) is 14.0 Å². The van der Waals surface area contributed by atoms with Crippen LogP contribution in [0.1, 0.15) is 11.4 Å². The van der Waals surface area contributed by atoms with Crippen molar-refractivity contribution in [2.24, 2.45) is 7.05 Å². The number of anilines is 1. The Morgan fingerprint density at radius 2 is 2.20 bits per heavy atom. The first-order valence-corrected chi connectivity index (χ1v) is 4.79. The molecule has 15 heavy (non-hydrogen) atoms. The second-order valence-electron chi connectivity index (χ2n) is 3.27. The van der Waals surface area contributed by atoms with Crippen LogP contribution in [0, 0.1) is 6.92 Å². The highest BCUT2D eigenvalue weighted by Crippen LogP contribution is 2.19. The molecule has 0 aliphatic carbocycles. The zero-order valence-corrected chi connectivity index (χ0v) is 9.23. The van der Waals surface area contributed by atoms with Crippen LogP contribution in [0.3, 0.4) is 0 Å². The van der Waals surface area contributed by atoms with Crippen molar-refractivity contribution in [3.05, 3.63) is 22.6 Å². The third-order valence-corrected chi connectivity index (χ3v) is 2.60. The molecular formula is C8H11ClN6. The van der Waals surface area contributed by atoms with Gasteiger partial charge in [-0.1, -0.05) is 11.6 Å². The van der Waals surface area contributed by atoms with Crippen LogP contribution in [0.25, 0.3) is 0 Å². The molecule has 0 aliphatic rings. The Morgan fingerprint density at radius 3 is 2.67 bits per heavy atom. The summed E-state index contributed by atoms with van der Waals surface area (Å²) < 4.78 is 1.72. The third-order valence-electron chi connectivity index (χ3n) is 2.11. The molecule has 0 saturated carbocycles. The molecule has 0 radical (unpaired) electrons. The number of halogens is 1. The smallest absolute Gasteiger partial charge is 0.165 e. The van der Waals surface area contributed by atoms with Crippen LogP contribution < -0.4 is 5.73 Å². The summed E-state index contributed by atoms with van der Waals surface area (Å²) in [6, 6.07) is 0. The van der Waals surface area contributed by atoms with Crippen molar-refractivity contribution in [2.45, 2.75) is 13.5 Å². The van der Waals surface area contributed by atoms with Crippen molar-refractivity contribution >= 4 is 17.4 Å². The molecular weight excluding hydrogens is 216 g/mol. The minimum absolute atomic E-state index is 0.394. The average molecular weight is 227 g/mol.